The SMILES string of the molecule is CC[C@H](C)C([C@@H](CC(=O)N1CCC[C@H]1C(OC)[C@@H](C)C(=O)N[C@@H](Cc1ccc(C)cc1)C(=O)O)OC)N(C)C(=O)[C@@H](NC(=O)[C@H](C(C)C)N(C)C(=O)CCCCCN1C(=O)C=CC1=O)C(C)C. The zero-order valence-corrected chi connectivity index (χ0v) is 41.9. The maximum Gasteiger partial charge on any atom is 0.326 e. The van der Waals surface area contributed by atoms with Crippen molar-refractivity contribution in [2.75, 3.05) is 41.4 Å². The molecule has 2 unspecified atom stereocenters. The third kappa shape index (κ3) is 15.2. The number of nitrogens with zero attached hydrogens (tertiary/aromatic N) is 4. The van der Waals surface area contributed by atoms with E-state index in [-0.39, 0.29) is 73.1 Å². The van der Waals surface area contributed by atoms with Crippen LogP contribution in [0, 0.1) is 30.6 Å². The van der Waals surface area contributed by atoms with Crippen molar-refractivity contribution in [1.82, 2.24) is 30.2 Å². The van der Waals surface area contributed by atoms with Crippen molar-refractivity contribution in [2.45, 2.75) is 156 Å². The van der Waals surface area contributed by atoms with Crippen molar-refractivity contribution in [3.8, 4) is 0 Å². The molecule has 2 heterocycles. The summed E-state index contributed by atoms with van der Waals surface area (Å²) in [5, 5.41) is 15.6. The van der Waals surface area contributed by atoms with Gasteiger partial charge in [-0.3, -0.25) is 38.5 Å². The second-order valence-electron chi connectivity index (χ2n) is 19.1. The maximum absolute atomic E-state index is 14.6. The first-order valence-electron chi connectivity index (χ1n) is 23.9. The number of aliphatic carboxylic acids is 1. The summed E-state index contributed by atoms with van der Waals surface area (Å²) in [5.74, 6) is -5.24. The highest BCUT2D eigenvalue weighted by molar-refractivity contribution is 6.12. The number of hydrogen-bond donors (Lipinski definition) is 3. The van der Waals surface area contributed by atoms with Gasteiger partial charge in [-0.2, -0.15) is 0 Å². The number of imide groups is 1. The molecule has 0 radical (unpaired) electrons. The van der Waals surface area contributed by atoms with Crippen LogP contribution in [-0.4, -0.2) is 156 Å². The van der Waals surface area contributed by atoms with Gasteiger partial charge in [0.2, 0.25) is 29.5 Å². The molecule has 0 aliphatic carbocycles. The molecule has 2 aliphatic rings. The molecule has 374 valence electrons. The van der Waals surface area contributed by atoms with Gasteiger partial charge in [-0.15, -0.1) is 0 Å². The number of carbonyl (C=O) groups is 8. The van der Waals surface area contributed by atoms with Gasteiger partial charge >= 0.3 is 5.97 Å². The van der Waals surface area contributed by atoms with Crippen molar-refractivity contribution in [3.63, 3.8) is 0 Å². The molecular weight excluding hydrogens is 861 g/mol. The second kappa shape index (κ2) is 26.4. The smallest absolute Gasteiger partial charge is 0.326 e. The fourth-order valence-electron chi connectivity index (χ4n) is 9.37. The van der Waals surface area contributed by atoms with Gasteiger partial charge in [0.1, 0.15) is 18.1 Å². The molecule has 2 aliphatic heterocycles. The topological polar surface area (TPSA) is 212 Å². The van der Waals surface area contributed by atoms with Crippen molar-refractivity contribution in [2.24, 2.45) is 23.7 Å². The Labute approximate surface area is 397 Å². The number of aryl methyl sites for hydroxylation is 1. The number of nitrogens with one attached hydrogen (secondary N) is 2. The molecule has 0 bridgehead atoms. The lowest BCUT2D eigenvalue weighted by Crippen LogP contribution is -2.60. The van der Waals surface area contributed by atoms with E-state index < -0.39 is 66.1 Å². The number of hydrogen-bond acceptors (Lipinski definition) is 10. The van der Waals surface area contributed by atoms with Crippen LogP contribution in [-0.2, 0) is 54.3 Å². The molecule has 67 heavy (non-hydrogen) atoms. The molecule has 0 spiro atoms. The molecule has 17 heteroatoms. The van der Waals surface area contributed by atoms with Crippen molar-refractivity contribution in [3.05, 3.63) is 47.5 Å². The van der Waals surface area contributed by atoms with Crippen LogP contribution in [0.3, 0.4) is 0 Å². The Morgan fingerprint density at radius 2 is 1.46 bits per heavy atom. The Morgan fingerprint density at radius 3 is 2.00 bits per heavy atom. The Hall–Kier alpha value is -5.16. The summed E-state index contributed by atoms with van der Waals surface area (Å²) in [5.41, 5.74) is 1.80. The molecule has 17 nitrogen and oxygen atoms in total. The number of rotatable bonds is 27. The number of likely N-dealkylation sites (tertiary alicyclic amines) is 1. The van der Waals surface area contributed by atoms with E-state index in [0.717, 1.165) is 11.1 Å². The third-order valence-electron chi connectivity index (χ3n) is 13.5. The van der Waals surface area contributed by atoms with Gasteiger partial charge in [-0.25, -0.2) is 4.79 Å². The van der Waals surface area contributed by atoms with Crippen molar-refractivity contribution < 1.29 is 52.9 Å². The van der Waals surface area contributed by atoms with Gasteiger partial charge in [0.15, 0.2) is 0 Å². The van der Waals surface area contributed by atoms with E-state index >= 15 is 0 Å². The minimum absolute atomic E-state index is 0.0823. The van der Waals surface area contributed by atoms with Crippen LogP contribution in [0.15, 0.2) is 36.4 Å². The minimum Gasteiger partial charge on any atom is -0.480 e. The van der Waals surface area contributed by atoms with E-state index in [0.29, 0.717) is 45.1 Å². The number of benzene rings is 1. The summed E-state index contributed by atoms with van der Waals surface area (Å²) in [6, 6.07) is 3.37. The number of carboxylic acids is 1. The highest BCUT2D eigenvalue weighted by Crippen LogP contribution is 2.30. The fourth-order valence-corrected chi connectivity index (χ4v) is 9.37. The number of ether oxygens (including phenoxy) is 2. The first-order valence-corrected chi connectivity index (χ1v) is 23.9. The lowest BCUT2D eigenvalue weighted by molar-refractivity contribution is -0.149. The Morgan fingerprint density at radius 1 is 0.836 bits per heavy atom. The number of methoxy groups -OCH3 is 2. The summed E-state index contributed by atoms with van der Waals surface area (Å²) < 4.78 is 11.9. The number of likely N-dealkylation sites (N-methyl/N-ethyl adjacent to an activating group) is 2. The molecular formula is C50H78N6O11. The quantitative estimate of drug-likeness (QED) is 0.0843. The summed E-state index contributed by atoms with van der Waals surface area (Å²) in [4.78, 5) is 112. The monoisotopic (exact) mass is 939 g/mol. The molecule has 7 amide bonds. The molecule has 1 aromatic carbocycles. The van der Waals surface area contributed by atoms with E-state index in [4.69, 9.17) is 9.47 Å². The van der Waals surface area contributed by atoms with Crippen molar-refractivity contribution in [1.29, 1.82) is 0 Å². The molecule has 3 N–H and O–H groups in total. The largest absolute Gasteiger partial charge is 0.480 e. The van der Waals surface area contributed by atoms with Crippen molar-refractivity contribution >= 4 is 47.3 Å². The third-order valence-corrected chi connectivity index (χ3v) is 13.5. The molecule has 1 saturated heterocycles. The number of unbranched alkanes of at least 4 members (excludes halogenated alkanes) is 2. The standard InChI is InChI=1S/C50H78N6O11/c1-13-33(7)45(54(10)49(63)43(30(2)3)52-48(62)44(31(4)5)53(9)39(57)19-15-14-16-26-56-40(58)24-25-41(56)59)38(66-11)29-42(60)55-27-17-18-37(55)46(67-12)34(8)47(61)51-36(50(64)65)28-35-22-20-32(6)21-23-35/h20-25,30-31,33-34,36-38,43-46H,13-19,26-29H2,1-12H3,(H,51,61)(H,52,62)(H,64,65)/t33-,34+,36-,37-,38+,43-,44-,45?,46?/m0/s1. The second-order valence-corrected chi connectivity index (χ2v) is 19.1. The average Bonchev–Trinajstić information content (AvgIpc) is 3.90. The molecule has 9 atom stereocenters. The van der Waals surface area contributed by atoms with Crippen LogP contribution in [0.4, 0.5) is 0 Å². The summed E-state index contributed by atoms with van der Waals surface area (Å²) in [6.45, 7) is 15.6. The van der Waals surface area contributed by atoms with Gasteiger partial charge in [-0.05, 0) is 55.9 Å². The normalized spacial score (nSPS) is 18.6. The molecule has 1 aromatic rings. The zero-order chi connectivity index (χ0) is 50.3. The van der Waals surface area contributed by atoms with E-state index in [1.54, 1.807) is 30.8 Å². The first-order chi connectivity index (χ1) is 31.6. The minimum atomic E-state index is -1.16. The molecule has 0 aromatic heterocycles. The summed E-state index contributed by atoms with van der Waals surface area (Å²) in [6.07, 6.45) is 4.71. The van der Waals surface area contributed by atoms with Crippen LogP contribution < -0.4 is 10.6 Å². The van der Waals surface area contributed by atoms with Crippen LogP contribution in [0.25, 0.3) is 0 Å². The zero-order valence-electron chi connectivity index (χ0n) is 41.9. The Bertz CT molecular complexity index is 1890. The number of amides is 7. The fraction of sp³-hybridized carbons (Fsp3) is 0.680. The maximum atomic E-state index is 14.6. The predicted molar refractivity (Wildman–Crippen MR) is 253 cm³/mol. The summed E-state index contributed by atoms with van der Waals surface area (Å²) >= 11 is 0. The van der Waals surface area contributed by atoms with Crippen LogP contribution in [0.1, 0.15) is 111 Å². The van der Waals surface area contributed by atoms with E-state index in [9.17, 15) is 43.5 Å². The summed E-state index contributed by atoms with van der Waals surface area (Å²) in [7, 11) is 6.21. The van der Waals surface area contributed by atoms with Crippen LogP contribution in [0.2, 0.25) is 0 Å². The van der Waals surface area contributed by atoms with Gasteiger partial charge < -0.3 is 39.9 Å². The first kappa shape index (κ1) is 56.2. The molecule has 1 fully saturated rings. The molecule has 0 saturated carbocycles. The Balaban J connectivity index is 1.71. The van der Waals surface area contributed by atoms with Crippen LogP contribution >= 0.6 is 0 Å². The van der Waals surface area contributed by atoms with Gasteiger partial charge in [-0.1, -0.05) is 91.1 Å². The lowest BCUT2D eigenvalue weighted by Gasteiger charge is -2.41. The van der Waals surface area contributed by atoms with E-state index in [2.05, 4.69) is 10.6 Å². The van der Waals surface area contributed by atoms with E-state index in [1.807, 2.05) is 72.7 Å². The predicted octanol–water partition coefficient (Wildman–Crippen LogP) is 4.14. The van der Waals surface area contributed by atoms with Crippen LogP contribution in [0.5, 0.6) is 0 Å². The average molecular weight is 939 g/mol. The van der Waals surface area contributed by atoms with Gasteiger partial charge in [0, 0.05) is 66.4 Å². The Kier molecular flexibility index (Phi) is 22.1. The highest BCUT2D eigenvalue weighted by Gasteiger charge is 2.44. The van der Waals surface area contributed by atoms with Gasteiger partial charge in [0.05, 0.1) is 36.6 Å². The van der Waals surface area contributed by atoms with E-state index in [1.165, 1.54) is 36.2 Å². The molecule has 3 rings (SSSR count). The number of carbonyl (C=O) groups excluding carboxylic acids is 7. The van der Waals surface area contributed by atoms with Gasteiger partial charge in [0.25, 0.3) is 11.8 Å². The highest BCUT2D eigenvalue weighted by atomic mass is 16.5. The number of carboxylic acid groups (broad SMARTS) is 1. The lowest BCUT2D eigenvalue weighted by atomic mass is 9.89.